The summed E-state index contributed by atoms with van der Waals surface area (Å²) in [7, 11) is 1.00. The molecule has 1 fully saturated rings. The number of aliphatic hydroxyl groups excluding tert-OH is 1. The van der Waals surface area contributed by atoms with Crippen LogP contribution in [0.1, 0.15) is 61.3 Å². The number of hydrogen-bond donors (Lipinski definition) is 1. The molecule has 0 heterocycles. The van der Waals surface area contributed by atoms with Gasteiger partial charge in [0.05, 0.1) is 5.92 Å². The minimum Gasteiger partial charge on any atom is -0.460 e. The second-order valence-electron chi connectivity index (χ2n) is 5.67. The molecule has 0 aliphatic heterocycles. The van der Waals surface area contributed by atoms with Crippen molar-refractivity contribution in [3.8, 4) is 0 Å². The Morgan fingerprint density at radius 3 is 1.86 bits per heavy atom. The van der Waals surface area contributed by atoms with E-state index in [0.29, 0.717) is 0 Å². The summed E-state index contributed by atoms with van der Waals surface area (Å²) in [5, 5.41) is 7.00. The van der Waals surface area contributed by atoms with Crippen molar-refractivity contribution in [1.82, 2.24) is 0 Å². The van der Waals surface area contributed by atoms with Crippen LogP contribution in [0, 0.1) is 5.92 Å². The van der Waals surface area contributed by atoms with Gasteiger partial charge in [0.2, 0.25) is 0 Å². The molecule has 1 N–H and O–H groups in total. The molecule has 0 saturated heterocycles. The van der Waals surface area contributed by atoms with Crippen LogP contribution in [0.2, 0.25) is 0 Å². The van der Waals surface area contributed by atoms with E-state index in [4.69, 9.17) is 9.84 Å². The van der Waals surface area contributed by atoms with E-state index in [1.165, 1.54) is 5.57 Å². The van der Waals surface area contributed by atoms with Gasteiger partial charge in [0.1, 0.15) is 5.60 Å². The zero-order valence-electron chi connectivity index (χ0n) is 15.8. The van der Waals surface area contributed by atoms with E-state index in [2.05, 4.69) is 20.4 Å². The minimum absolute atomic E-state index is 0.0208. The van der Waals surface area contributed by atoms with Crippen LogP contribution in [-0.2, 0) is 9.53 Å². The third-order valence-electron chi connectivity index (χ3n) is 1.99. The van der Waals surface area contributed by atoms with Crippen molar-refractivity contribution >= 4 is 5.97 Å². The summed E-state index contributed by atoms with van der Waals surface area (Å²) in [5.41, 5.74) is 1.00. The van der Waals surface area contributed by atoms with Gasteiger partial charge in [-0.1, -0.05) is 50.3 Å². The van der Waals surface area contributed by atoms with Crippen LogP contribution in [0.5, 0.6) is 0 Å². The number of esters is 1. The Morgan fingerprint density at radius 1 is 1.14 bits per heavy atom. The van der Waals surface area contributed by atoms with Gasteiger partial charge in [-0.2, -0.15) is 0 Å². The summed E-state index contributed by atoms with van der Waals surface area (Å²) < 4.78 is 5.12. The molecule has 1 aliphatic rings. The number of carbonyl (C=O) groups is 1. The topological polar surface area (TPSA) is 46.5 Å². The second kappa shape index (κ2) is 16.0. The molecule has 130 valence electrons. The van der Waals surface area contributed by atoms with Crippen LogP contribution >= 0.6 is 0 Å². The molecule has 0 atom stereocenters. The van der Waals surface area contributed by atoms with Crippen LogP contribution < -0.4 is 0 Å². The molecule has 0 aromatic heterocycles. The van der Waals surface area contributed by atoms with Gasteiger partial charge in [0.15, 0.2) is 0 Å². The third-order valence-corrected chi connectivity index (χ3v) is 1.99. The molecule has 1 rings (SSSR count). The lowest BCUT2D eigenvalue weighted by atomic mass is 10.2. The van der Waals surface area contributed by atoms with Crippen molar-refractivity contribution in [3.05, 3.63) is 36.5 Å². The monoisotopic (exact) mass is 312 g/mol. The first-order valence-corrected chi connectivity index (χ1v) is 7.86. The number of allylic oxidation sites excluding steroid dienone is 5. The highest BCUT2D eigenvalue weighted by molar-refractivity contribution is 5.75. The van der Waals surface area contributed by atoms with E-state index < -0.39 is 0 Å². The normalized spacial score (nSPS) is 12.4. The van der Waals surface area contributed by atoms with Gasteiger partial charge in [0.25, 0.3) is 0 Å². The lowest BCUT2D eigenvalue weighted by Gasteiger charge is -2.19. The molecule has 0 bridgehead atoms. The van der Waals surface area contributed by atoms with Crippen molar-refractivity contribution in [1.29, 1.82) is 0 Å². The molecule has 0 unspecified atom stereocenters. The van der Waals surface area contributed by atoms with Crippen LogP contribution in [0.25, 0.3) is 0 Å². The number of aliphatic hydroxyl groups is 1. The van der Waals surface area contributed by atoms with E-state index in [9.17, 15) is 4.79 Å². The van der Waals surface area contributed by atoms with Crippen LogP contribution in [0.3, 0.4) is 0 Å². The molecule has 22 heavy (non-hydrogen) atoms. The zero-order chi connectivity index (χ0) is 18.2. The molecule has 0 aromatic rings. The third kappa shape index (κ3) is 23.7. The largest absolute Gasteiger partial charge is 0.460 e. The van der Waals surface area contributed by atoms with E-state index in [0.717, 1.165) is 20.0 Å². The highest BCUT2D eigenvalue weighted by Crippen LogP contribution is 2.31. The highest BCUT2D eigenvalue weighted by atomic mass is 16.6. The first kappa shape index (κ1) is 25.6. The number of ether oxygens (including phenoxy) is 1. The predicted octanol–water partition coefficient (Wildman–Crippen LogP) is 5.07. The second-order valence-corrected chi connectivity index (χ2v) is 5.67. The Bertz CT molecular complexity index is 325. The van der Waals surface area contributed by atoms with Crippen molar-refractivity contribution in [2.24, 2.45) is 5.92 Å². The fraction of sp³-hybridized carbons (Fsp3) is 0.632. The Balaban J connectivity index is -0.000000272. The average molecular weight is 312 g/mol. The Kier molecular flexibility index (Phi) is 18.6. The van der Waals surface area contributed by atoms with Gasteiger partial charge in [0, 0.05) is 7.11 Å². The van der Waals surface area contributed by atoms with Crippen molar-refractivity contribution in [2.45, 2.75) is 66.9 Å². The van der Waals surface area contributed by atoms with Crippen molar-refractivity contribution in [2.75, 3.05) is 7.11 Å². The molecule has 3 nitrogen and oxygen atoms in total. The smallest absolute Gasteiger partial charge is 0.309 e. The predicted molar refractivity (Wildman–Crippen MR) is 96.8 cm³/mol. The highest BCUT2D eigenvalue weighted by Gasteiger charge is 2.33. The van der Waals surface area contributed by atoms with Crippen LogP contribution in [0.15, 0.2) is 36.5 Å². The summed E-state index contributed by atoms with van der Waals surface area (Å²) in [5.74, 6) is 0.201. The fourth-order valence-electron chi connectivity index (χ4n) is 1.03. The van der Waals surface area contributed by atoms with Gasteiger partial charge >= 0.3 is 5.97 Å². The fourth-order valence-corrected chi connectivity index (χ4v) is 1.03. The molecule has 0 spiro atoms. The van der Waals surface area contributed by atoms with Crippen LogP contribution in [0.4, 0.5) is 0 Å². The lowest BCUT2D eigenvalue weighted by molar-refractivity contribution is -0.156. The summed E-state index contributed by atoms with van der Waals surface area (Å²) in [4.78, 5) is 11.0. The van der Waals surface area contributed by atoms with E-state index in [1.54, 1.807) is 6.08 Å². The van der Waals surface area contributed by atoms with Gasteiger partial charge in [-0.3, -0.25) is 4.79 Å². The summed E-state index contributed by atoms with van der Waals surface area (Å²) >= 11 is 0. The molecule has 0 aromatic carbocycles. The Morgan fingerprint density at radius 2 is 1.59 bits per heavy atom. The Hall–Kier alpha value is -1.35. The van der Waals surface area contributed by atoms with Crippen LogP contribution in [-0.4, -0.2) is 23.8 Å². The van der Waals surface area contributed by atoms with Gasteiger partial charge in [-0.15, -0.1) is 0 Å². The average Bonchev–Trinajstić information content (AvgIpc) is 3.26. The number of rotatable bonds is 3. The van der Waals surface area contributed by atoms with E-state index in [-0.39, 0.29) is 17.5 Å². The molecule has 3 heteroatoms. The lowest BCUT2D eigenvalue weighted by Crippen LogP contribution is -2.24. The zero-order valence-corrected chi connectivity index (χ0v) is 15.8. The maximum absolute atomic E-state index is 11.0. The summed E-state index contributed by atoms with van der Waals surface area (Å²) in [6, 6.07) is 0. The number of hydrogen-bond acceptors (Lipinski definition) is 3. The van der Waals surface area contributed by atoms with Crippen molar-refractivity contribution < 1.29 is 14.6 Å². The molecule has 0 amide bonds. The maximum atomic E-state index is 11.0. The molecule has 0 radical (unpaired) electrons. The van der Waals surface area contributed by atoms with E-state index in [1.807, 2.05) is 52.8 Å². The van der Waals surface area contributed by atoms with Gasteiger partial charge < -0.3 is 9.84 Å². The van der Waals surface area contributed by atoms with E-state index >= 15 is 0 Å². The molecular weight excluding hydrogens is 276 g/mol. The summed E-state index contributed by atoms with van der Waals surface area (Å²) in [6.07, 6.45) is 9.74. The Labute approximate surface area is 137 Å². The number of carbonyl (C=O) groups excluding carboxylic acids is 1. The SMILES string of the molecule is C=C/C=C\C=C(C)C.CC.CC(C)(C)OC(=O)C1CC1.CO. The molecule has 1 aliphatic carbocycles. The summed E-state index contributed by atoms with van der Waals surface area (Å²) in [6.45, 7) is 17.4. The first-order valence-electron chi connectivity index (χ1n) is 7.86. The van der Waals surface area contributed by atoms with Crippen molar-refractivity contribution in [3.63, 3.8) is 0 Å². The van der Waals surface area contributed by atoms with Gasteiger partial charge in [-0.25, -0.2) is 0 Å². The minimum atomic E-state index is -0.306. The maximum Gasteiger partial charge on any atom is 0.309 e. The molecular formula is C19H36O3. The van der Waals surface area contributed by atoms with Gasteiger partial charge in [-0.05, 0) is 47.5 Å². The quantitative estimate of drug-likeness (QED) is 0.584. The molecule has 1 saturated carbocycles. The first-order chi connectivity index (χ1) is 10.3. The standard InChI is InChI=1S/C8H14O2.C8H12.C2H6.CH4O/c1-8(2,3)10-7(9)6-4-5-6;1-4-5-6-7-8(2)3;2*1-2/h6H,4-5H2,1-3H3;4-7H,1H2,2-3H3;1-2H3;2H,1H3/b;6-5-;;.